The lowest BCUT2D eigenvalue weighted by atomic mass is 10.2. The minimum absolute atomic E-state index is 0.0447. The SMILES string of the molecule is COCCNc1ccc(S(C)(=O)=O)cc1NC(=O)CC1COCCN1. The fourth-order valence-electron chi connectivity index (χ4n) is 2.48. The predicted molar refractivity (Wildman–Crippen MR) is 95.8 cm³/mol. The lowest BCUT2D eigenvalue weighted by Crippen LogP contribution is -2.43. The van der Waals surface area contributed by atoms with Crippen LogP contribution in [0.1, 0.15) is 6.42 Å². The number of methoxy groups -OCH3 is 1. The molecule has 8 nitrogen and oxygen atoms in total. The Morgan fingerprint density at radius 1 is 1.40 bits per heavy atom. The molecular formula is C16H25N3O5S. The van der Waals surface area contributed by atoms with E-state index in [1.165, 1.54) is 12.1 Å². The molecule has 1 fully saturated rings. The molecule has 0 aliphatic carbocycles. The summed E-state index contributed by atoms with van der Waals surface area (Å²) in [7, 11) is -1.77. The molecule has 1 heterocycles. The molecule has 0 saturated carbocycles. The van der Waals surface area contributed by atoms with Crippen LogP contribution >= 0.6 is 0 Å². The van der Waals surface area contributed by atoms with E-state index < -0.39 is 9.84 Å². The summed E-state index contributed by atoms with van der Waals surface area (Å²) < 4.78 is 33.9. The molecule has 3 N–H and O–H groups in total. The molecule has 1 amide bonds. The molecule has 0 bridgehead atoms. The van der Waals surface area contributed by atoms with Gasteiger partial charge in [0.15, 0.2) is 9.84 Å². The summed E-state index contributed by atoms with van der Waals surface area (Å²) in [5, 5.41) is 9.14. The summed E-state index contributed by atoms with van der Waals surface area (Å²) in [4.78, 5) is 12.5. The highest BCUT2D eigenvalue weighted by atomic mass is 32.2. The van der Waals surface area contributed by atoms with Crippen molar-refractivity contribution in [1.29, 1.82) is 0 Å². The summed E-state index contributed by atoms with van der Waals surface area (Å²) in [5.41, 5.74) is 1.08. The van der Waals surface area contributed by atoms with E-state index in [4.69, 9.17) is 9.47 Å². The molecule has 1 saturated heterocycles. The molecule has 1 atom stereocenters. The summed E-state index contributed by atoms with van der Waals surface area (Å²) in [6.07, 6.45) is 1.38. The van der Waals surface area contributed by atoms with E-state index in [2.05, 4.69) is 16.0 Å². The maximum atomic E-state index is 12.3. The number of nitrogens with one attached hydrogen (secondary N) is 3. The number of sulfone groups is 1. The first kappa shape index (κ1) is 19.6. The molecule has 0 aromatic heterocycles. The van der Waals surface area contributed by atoms with Gasteiger partial charge in [-0.25, -0.2) is 8.42 Å². The number of morpholine rings is 1. The normalized spacial score (nSPS) is 17.9. The Hall–Kier alpha value is -1.68. The van der Waals surface area contributed by atoms with Crippen molar-refractivity contribution in [2.45, 2.75) is 17.4 Å². The van der Waals surface area contributed by atoms with Crippen molar-refractivity contribution < 1.29 is 22.7 Å². The second-order valence-corrected chi connectivity index (χ2v) is 7.89. The Balaban J connectivity index is 2.11. The van der Waals surface area contributed by atoms with Gasteiger partial charge in [0.1, 0.15) is 0 Å². The first-order valence-electron chi connectivity index (χ1n) is 8.08. The number of anilines is 2. The molecule has 1 aliphatic rings. The van der Waals surface area contributed by atoms with E-state index in [0.29, 0.717) is 44.3 Å². The summed E-state index contributed by atoms with van der Waals surface area (Å²) in [5.74, 6) is -0.205. The van der Waals surface area contributed by atoms with E-state index in [-0.39, 0.29) is 23.3 Å². The summed E-state index contributed by atoms with van der Waals surface area (Å²) in [6, 6.07) is 4.57. The van der Waals surface area contributed by atoms with Gasteiger partial charge in [0.05, 0.1) is 36.1 Å². The molecule has 9 heteroatoms. The van der Waals surface area contributed by atoms with Crippen LogP contribution in [0.5, 0.6) is 0 Å². The zero-order valence-electron chi connectivity index (χ0n) is 14.5. The predicted octanol–water partition coefficient (Wildman–Crippen LogP) is 0.465. The van der Waals surface area contributed by atoms with Crippen LogP contribution in [0, 0.1) is 0 Å². The lowest BCUT2D eigenvalue weighted by Gasteiger charge is -2.23. The Labute approximate surface area is 148 Å². The largest absolute Gasteiger partial charge is 0.383 e. The molecule has 1 aliphatic heterocycles. The number of hydrogen-bond donors (Lipinski definition) is 3. The van der Waals surface area contributed by atoms with Gasteiger partial charge in [-0.15, -0.1) is 0 Å². The average Bonchev–Trinajstić information content (AvgIpc) is 2.56. The fourth-order valence-corrected chi connectivity index (χ4v) is 3.12. The van der Waals surface area contributed by atoms with Crippen LogP contribution < -0.4 is 16.0 Å². The molecule has 25 heavy (non-hydrogen) atoms. The topological polar surface area (TPSA) is 106 Å². The first-order valence-corrected chi connectivity index (χ1v) is 9.97. The van der Waals surface area contributed by atoms with Crippen LogP contribution in [0.3, 0.4) is 0 Å². The molecule has 0 spiro atoms. The number of amides is 1. The molecule has 1 aromatic rings. The molecular weight excluding hydrogens is 346 g/mol. The summed E-state index contributed by atoms with van der Waals surface area (Å²) >= 11 is 0. The summed E-state index contributed by atoms with van der Waals surface area (Å²) in [6.45, 7) is 2.86. The third-order valence-corrected chi connectivity index (χ3v) is 4.86. The van der Waals surface area contributed by atoms with Gasteiger partial charge in [-0.3, -0.25) is 4.79 Å². The van der Waals surface area contributed by atoms with Gasteiger partial charge in [0.25, 0.3) is 0 Å². The van der Waals surface area contributed by atoms with Crippen molar-refractivity contribution in [3.8, 4) is 0 Å². The van der Waals surface area contributed by atoms with Gasteiger partial charge in [0.2, 0.25) is 5.91 Å². The second kappa shape index (κ2) is 9.14. The van der Waals surface area contributed by atoms with E-state index in [1.807, 2.05) is 0 Å². The van der Waals surface area contributed by atoms with Crippen molar-refractivity contribution in [2.24, 2.45) is 0 Å². The highest BCUT2D eigenvalue weighted by Crippen LogP contribution is 2.26. The minimum Gasteiger partial charge on any atom is -0.383 e. The third kappa shape index (κ3) is 6.28. The molecule has 1 unspecified atom stereocenters. The van der Waals surface area contributed by atoms with Crippen LogP contribution in [-0.2, 0) is 24.1 Å². The van der Waals surface area contributed by atoms with Crippen molar-refractivity contribution in [2.75, 3.05) is 56.9 Å². The Kier molecular flexibility index (Phi) is 7.18. The quantitative estimate of drug-likeness (QED) is 0.570. The van der Waals surface area contributed by atoms with Crippen LogP contribution in [0.15, 0.2) is 23.1 Å². The second-order valence-electron chi connectivity index (χ2n) is 5.88. The number of rotatable bonds is 8. The standard InChI is InChI=1S/C16H25N3O5S/c1-23-7-5-18-14-4-3-13(25(2,21)22)10-15(14)19-16(20)9-12-11-24-8-6-17-12/h3-4,10,12,17-18H,5-9,11H2,1-2H3,(H,19,20). The van der Waals surface area contributed by atoms with Crippen molar-refractivity contribution in [1.82, 2.24) is 5.32 Å². The van der Waals surface area contributed by atoms with E-state index in [9.17, 15) is 13.2 Å². The Bertz CT molecular complexity index is 687. The zero-order valence-corrected chi connectivity index (χ0v) is 15.3. The number of benzene rings is 1. The highest BCUT2D eigenvalue weighted by Gasteiger charge is 2.18. The van der Waals surface area contributed by atoms with E-state index in [0.717, 1.165) is 6.26 Å². The van der Waals surface area contributed by atoms with E-state index >= 15 is 0 Å². The maximum Gasteiger partial charge on any atom is 0.226 e. The molecule has 1 aromatic carbocycles. The van der Waals surface area contributed by atoms with Crippen LogP contribution in [0.25, 0.3) is 0 Å². The minimum atomic E-state index is -3.37. The van der Waals surface area contributed by atoms with Gasteiger partial charge in [0, 0.05) is 38.9 Å². The van der Waals surface area contributed by atoms with Crippen LogP contribution in [0.4, 0.5) is 11.4 Å². The van der Waals surface area contributed by atoms with Gasteiger partial charge < -0.3 is 25.4 Å². The van der Waals surface area contributed by atoms with Gasteiger partial charge in [-0.05, 0) is 18.2 Å². The Morgan fingerprint density at radius 3 is 2.84 bits per heavy atom. The maximum absolute atomic E-state index is 12.3. The van der Waals surface area contributed by atoms with Gasteiger partial charge in [-0.2, -0.15) is 0 Å². The fraction of sp³-hybridized carbons (Fsp3) is 0.562. The number of carbonyl (C=O) groups is 1. The van der Waals surface area contributed by atoms with Crippen molar-refractivity contribution >= 4 is 27.1 Å². The lowest BCUT2D eigenvalue weighted by molar-refractivity contribution is -0.117. The van der Waals surface area contributed by atoms with Gasteiger partial charge >= 0.3 is 0 Å². The number of ether oxygens (including phenoxy) is 2. The number of carbonyl (C=O) groups excluding carboxylic acids is 1. The highest BCUT2D eigenvalue weighted by molar-refractivity contribution is 7.90. The van der Waals surface area contributed by atoms with Crippen molar-refractivity contribution in [3.63, 3.8) is 0 Å². The van der Waals surface area contributed by atoms with E-state index in [1.54, 1.807) is 13.2 Å². The van der Waals surface area contributed by atoms with Gasteiger partial charge in [-0.1, -0.05) is 0 Å². The zero-order chi connectivity index (χ0) is 18.3. The molecule has 140 valence electrons. The molecule has 0 radical (unpaired) electrons. The average molecular weight is 371 g/mol. The van der Waals surface area contributed by atoms with Crippen LogP contribution in [-0.4, -0.2) is 66.6 Å². The monoisotopic (exact) mass is 371 g/mol. The van der Waals surface area contributed by atoms with Crippen LogP contribution in [0.2, 0.25) is 0 Å². The third-order valence-electron chi connectivity index (χ3n) is 3.75. The first-order chi connectivity index (χ1) is 11.9. The molecule has 2 rings (SSSR count). The smallest absolute Gasteiger partial charge is 0.226 e. The number of hydrogen-bond acceptors (Lipinski definition) is 7. The van der Waals surface area contributed by atoms with Crippen molar-refractivity contribution in [3.05, 3.63) is 18.2 Å². The Morgan fingerprint density at radius 2 is 2.20 bits per heavy atom.